The number of hydrogen-bond donors (Lipinski definition) is 1. The Morgan fingerprint density at radius 1 is 1.39 bits per heavy atom. The third-order valence-electron chi connectivity index (χ3n) is 1.79. The number of halogens is 3. The zero-order valence-electron chi connectivity index (χ0n) is 8.73. The van der Waals surface area contributed by atoms with Crippen LogP contribution in [0.5, 0.6) is 0 Å². The van der Waals surface area contributed by atoms with Crippen molar-refractivity contribution in [3.63, 3.8) is 0 Å². The molecule has 1 rings (SSSR count). The van der Waals surface area contributed by atoms with Crippen LogP contribution in [0.4, 0.5) is 13.2 Å². The van der Waals surface area contributed by atoms with Crippen LogP contribution in [0.15, 0.2) is 23.1 Å². The molecule has 0 saturated carbocycles. The third-order valence-corrected chi connectivity index (χ3v) is 3.22. The molecule has 0 aliphatic heterocycles. The summed E-state index contributed by atoms with van der Waals surface area (Å²) in [6, 6.07) is 4.93. The van der Waals surface area contributed by atoms with Crippen molar-refractivity contribution in [1.82, 2.24) is 0 Å². The van der Waals surface area contributed by atoms with Gasteiger partial charge in [-0.3, -0.25) is 0 Å². The molecule has 0 aliphatic rings. The highest BCUT2D eigenvalue weighted by molar-refractivity contribution is 8.00. The summed E-state index contributed by atoms with van der Waals surface area (Å²) in [5, 5.41) is 13.5. The van der Waals surface area contributed by atoms with Crippen molar-refractivity contribution in [3.05, 3.63) is 29.3 Å². The van der Waals surface area contributed by atoms with Gasteiger partial charge in [-0.05, 0) is 35.5 Å². The van der Waals surface area contributed by atoms with Gasteiger partial charge in [-0.2, -0.15) is 18.4 Å². The second-order valence-electron chi connectivity index (χ2n) is 3.29. The molecule has 0 fully saturated rings. The molecule has 1 aromatic carbocycles. The Morgan fingerprint density at radius 2 is 2.00 bits per heavy atom. The van der Waals surface area contributed by atoms with Gasteiger partial charge in [-0.15, -0.1) is 0 Å². The highest BCUT2D eigenvalue weighted by Crippen LogP contribution is 2.37. The van der Waals surface area contributed by atoms with Crippen molar-refractivity contribution in [3.8, 4) is 6.07 Å². The maximum atomic E-state index is 12.1. The van der Waals surface area contributed by atoms with Crippen LogP contribution in [-0.2, 0) is 15.8 Å². The van der Waals surface area contributed by atoms with Gasteiger partial charge in [0.15, 0.2) is 0 Å². The summed E-state index contributed by atoms with van der Waals surface area (Å²) in [7, 11) is -3.91. The fourth-order valence-electron chi connectivity index (χ4n) is 1.21. The average molecular weight is 296 g/mol. The van der Waals surface area contributed by atoms with Crippen molar-refractivity contribution >= 4 is 21.8 Å². The summed E-state index contributed by atoms with van der Waals surface area (Å²) in [4.78, 5) is -0.194. The summed E-state index contributed by atoms with van der Waals surface area (Å²) in [5.41, 5.74) is -4.54. The number of nitrogens with zero attached hydrogens (tertiary/aromatic N) is 1. The molecule has 9 heteroatoms. The number of hydrogen-bond acceptors (Lipinski definition) is 4. The minimum Gasteiger partial charge on any atom is -0.228 e. The van der Waals surface area contributed by atoms with Gasteiger partial charge in [-0.1, -0.05) is 0 Å². The van der Waals surface area contributed by atoms with Crippen molar-refractivity contribution in [2.75, 3.05) is 0 Å². The van der Waals surface area contributed by atoms with E-state index in [2.05, 4.69) is 0 Å². The first-order valence-electron chi connectivity index (χ1n) is 4.40. The molecule has 0 amide bonds. The molecule has 0 bridgehead atoms. The third kappa shape index (κ3) is 4.95. The van der Waals surface area contributed by atoms with Crippen molar-refractivity contribution in [2.45, 2.75) is 16.2 Å². The second-order valence-corrected chi connectivity index (χ2v) is 6.04. The number of nitriles is 1. The van der Waals surface area contributed by atoms with Crippen molar-refractivity contribution in [1.29, 1.82) is 5.26 Å². The Balaban J connectivity index is 3.15. The molecule has 0 unspecified atom stereocenters. The lowest BCUT2D eigenvalue weighted by molar-refractivity contribution is -0.0328. The first kappa shape index (κ1) is 14.8. The van der Waals surface area contributed by atoms with Gasteiger partial charge >= 0.3 is 5.51 Å². The number of thioether (sulfide) groups is 1. The molecule has 0 heterocycles. The number of rotatable bonds is 3. The van der Waals surface area contributed by atoms with Gasteiger partial charge in [0.05, 0.1) is 17.4 Å². The van der Waals surface area contributed by atoms with E-state index in [1.54, 1.807) is 6.07 Å². The quantitative estimate of drug-likeness (QED) is 0.864. The SMILES string of the molecule is N#Cc1ccc(SC(F)(F)F)cc1CS(N)(=O)=O. The molecule has 0 aromatic heterocycles. The van der Waals surface area contributed by atoms with Gasteiger partial charge in [0.25, 0.3) is 0 Å². The minimum absolute atomic E-state index is 0.0180. The second kappa shape index (κ2) is 5.17. The molecule has 98 valence electrons. The molecule has 4 nitrogen and oxygen atoms in total. The molecule has 0 spiro atoms. The summed E-state index contributed by atoms with van der Waals surface area (Å²) in [6.45, 7) is 0. The van der Waals surface area contributed by atoms with E-state index in [1.807, 2.05) is 0 Å². The zero-order valence-corrected chi connectivity index (χ0v) is 10.4. The van der Waals surface area contributed by atoms with E-state index in [4.69, 9.17) is 10.4 Å². The van der Waals surface area contributed by atoms with Gasteiger partial charge in [0, 0.05) is 4.90 Å². The maximum Gasteiger partial charge on any atom is 0.446 e. The molecule has 0 atom stereocenters. The van der Waals surface area contributed by atoms with Crippen LogP contribution in [0.25, 0.3) is 0 Å². The Kier molecular flexibility index (Phi) is 4.26. The summed E-state index contributed by atoms with van der Waals surface area (Å²) >= 11 is -0.385. The Bertz CT molecular complexity index is 591. The molecular weight excluding hydrogens is 289 g/mol. The Labute approximate surface area is 106 Å². The van der Waals surface area contributed by atoms with Crippen LogP contribution >= 0.6 is 11.8 Å². The molecule has 2 N–H and O–H groups in total. The van der Waals surface area contributed by atoms with E-state index in [0.717, 1.165) is 18.2 Å². The largest absolute Gasteiger partial charge is 0.446 e. The highest BCUT2D eigenvalue weighted by Gasteiger charge is 2.29. The van der Waals surface area contributed by atoms with Crippen LogP contribution in [0, 0.1) is 11.3 Å². The van der Waals surface area contributed by atoms with E-state index >= 15 is 0 Å². The predicted molar refractivity (Wildman–Crippen MR) is 59.9 cm³/mol. The molecule has 18 heavy (non-hydrogen) atoms. The van der Waals surface area contributed by atoms with Crippen LogP contribution < -0.4 is 5.14 Å². The predicted octanol–water partition coefficient (Wildman–Crippen LogP) is 1.96. The smallest absolute Gasteiger partial charge is 0.228 e. The van der Waals surface area contributed by atoms with Crippen LogP contribution in [-0.4, -0.2) is 13.9 Å². The molecule has 0 radical (unpaired) electrons. The summed E-state index contributed by atoms with van der Waals surface area (Å²) in [5.74, 6) is -0.678. The number of sulfonamides is 1. The van der Waals surface area contributed by atoms with Crippen molar-refractivity contribution < 1.29 is 21.6 Å². The topological polar surface area (TPSA) is 83.9 Å². The van der Waals surface area contributed by atoms with Crippen LogP contribution in [0.1, 0.15) is 11.1 Å². The number of benzene rings is 1. The average Bonchev–Trinajstić information content (AvgIpc) is 2.12. The summed E-state index contributed by atoms with van der Waals surface area (Å²) in [6.07, 6.45) is 0. The standard InChI is InChI=1S/C9H7F3N2O2S2/c10-9(11,12)17-8-2-1-6(4-13)7(3-8)5-18(14,15)16/h1-3H,5H2,(H2,14,15,16). The normalized spacial score (nSPS) is 12.2. The zero-order chi connectivity index (χ0) is 14.0. The lowest BCUT2D eigenvalue weighted by Crippen LogP contribution is -2.15. The van der Waals surface area contributed by atoms with E-state index in [9.17, 15) is 21.6 Å². The molecule has 0 aliphatic carbocycles. The Hall–Kier alpha value is -1.24. The first-order valence-corrected chi connectivity index (χ1v) is 6.93. The molecule has 1 aromatic rings. The number of primary sulfonamides is 1. The molecular formula is C9H7F3N2O2S2. The first-order chi connectivity index (χ1) is 8.11. The van der Waals surface area contributed by atoms with Gasteiger partial charge in [0.1, 0.15) is 0 Å². The molecule has 0 saturated heterocycles. The number of nitrogens with two attached hydrogens (primary N) is 1. The van der Waals surface area contributed by atoms with Gasteiger partial charge in [0.2, 0.25) is 10.0 Å². The lowest BCUT2D eigenvalue weighted by Gasteiger charge is -2.08. The lowest BCUT2D eigenvalue weighted by atomic mass is 10.1. The monoisotopic (exact) mass is 296 g/mol. The summed E-state index contributed by atoms with van der Waals surface area (Å²) < 4.78 is 58.3. The van der Waals surface area contributed by atoms with Gasteiger partial charge < -0.3 is 0 Å². The fraction of sp³-hybridized carbons (Fsp3) is 0.222. The van der Waals surface area contributed by atoms with E-state index in [0.29, 0.717) is 0 Å². The maximum absolute atomic E-state index is 12.1. The van der Waals surface area contributed by atoms with Gasteiger partial charge in [-0.25, -0.2) is 13.6 Å². The minimum atomic E-state index is -4.48. The van der Waals surface area contributed by atoms with Crippen molar-refractivity contribution in [2.24, 2.45) is 5.14 Å². The Morgan fingerprint density at radius 3 is 2.44 bits per heavy atom. The van der Waals surface area contributed by atoms with Crippen LogP contribution in [0.3, 0.4) is 0 Å². The highest BCUT2D eigenvalue weighted by atomic mass is 32.2. The van der Waals surface area contributed by atoms with E-state index in [-0.39, 0.29) is 27.8 Å². The van der Waals surface area contributed by atoms with E-state index < -0.39 is 21.3 Å². The van der Waals surface area contributed by atoms with Crippen LogP contribution in [0.2, 0.25) is 0 Å². The van der Waals surface area contributed by atoms with E-state index in [1.165, 1.54) is 0 Å². The number of alkyl halides is 3. The fourth-order valence-corrected chi connectivity index (χ4v) is 2.49.